The molecule has 0 aromatic carbocycles. The summed E-state index contributed by atoms with van der Waals surface area (Å²) in [5, 5.41) is 0. The molecule has 0 spiro atoms. The van der Waals surface area contributed by atoms with Crippen molar-refractivity contribution in [2.24, 2.45) is 10.7 Å². The number of hydrogen-bond donors (Lipinski definition) is 1. The largest absolute Gasteiger partial charge is 1.00 e. The maximum absolute atomic E-state index is 6.36. The summed E-state index contributed by atoms with van der Waals surface area (Å²) in [6.07, 6.45) is 25.5. The minimum atomic E-state index is -0.285. The first-order valence-electron chi connectivity index (χ1n) is 10.9. The summed E-state index contributed by atoms with van der Waals surface area (Å²) in [5.41, 5.74) is 6.08. The zero-order valence-corrected chi connectivity index (χ0v) is 21.2. The third kappa shape index (κ3) is 16.0. The minimum Gasteiger partial charge on any atom is -1.00 e. The van der Waals surface area contributed by atoms with Crippen LogP contribution in [0, 0.1) is 0 Å². The van der Waals surface area contributed by atoms with E-state index < -0.39 is 0 Å². The molecule has 1 rings (SSSR count). The number of aliphatic imine (C=N–C) groups is 1. The Morgan fingerprint density at radius 3 is 1.93 bits per heavy atom. The maximum atomic E-state index is 6.36. The van der Waals surface area contributed by atoms with Crippen LogP contribution < -0.4 is 47.7 Å². The van der Waals surface area contributed by atoms with Crippen molar-refractivity contribution in [3.8, 4) is 0 Å². The average Bonchev–Trinajstić information content (AvgIpc) is 3.14. The van der Waals surface area contributed by atoms with Crippen molar-refractivity contribution in [1.29, 1.82) is 0 Å². The zero-order chi connectivity index (χ0) is 18.2. The fourth-order valence-corrected chi connectivity index (χ4v) is 3.43. The van der Waals surface area contributed by atoms with Crippen LogP contribution in [0.1, 0.15) is 104 Å². The van der Waals surface area contributed by atoms with E-state index >= 15 is 0 Å². The Morgan fingerprint density at radius 1 is 0.926 bits per heavy atom. The second kappa shape index (κ2) is 19.8. The fourth-order valence-electron chi connectivity index (χ4n) is 3.43. The molecule has 1 aliphatic heterocycles. The number of nitrogens with two attached hydrogens (primary N) is 1. The Labute approximate surface area is 197 Å². The van der Waals surface area contributed by atoms with Gasteiger partial charge in [-0.3, -0.25) is 4.99 Å². The molecule has 0 amide bonds. The predicted molar refractivity (Wildman–Crippen MR) is 112 cm³/mol. The van der Waals surface area contributed by atoms with Gasteiger partial charge in [-0.2, -0.15) is 0 Å². The van der Waals surface area contributed by atoms with Crippen LogP contribution in [-0.2, 0) is 0 Å². The maximum Gasteiger partial charge on any atom is 1.00 e. The van der Waals surface area contributed by atoms with E-state index in [1.807, 2.05) is 6.34 Å². The van der Waals surface area contributed by atoms with Crippen LogP contribution >= 0.6 is 0 Å². The molecule has 27 heavy (non-hydrogen) atoms. The van der Waals surface area contributed by atoms with E-state index in [4.69, 9.17) is 5.73 Å². The molecule has 0 bridgehead atoms. The first kappa shape index (κ1) is 29.7. The van der Waals surface area contributed by atoms with Crippen molar-refractivity contribution in [3.63, 3.8) is 0 Å². The molecule has 154 valence electrons. The van der Waals surface area contributed by atoms with Gasteiger partial charge in [-0.25, -0.2) is 0 Å². The summed E-state index contributed by atoms with van der Waals surface area (Å²) >= 11 is 0. The first-order chi connectivity index (χ1) is 12.2. The molecule has 3 nitrogen and oxygen atoms in total. The van der Waals surface area contributed by atoms with Crippen LogP contribution in [0.3, 0.4) is 0 Å². The summed E-state index contributed by atoms with van der Waals surface area (Å²) in [5.74, 6) is 0. The van der Waals surface area contributed by atoms with E-state index in [1.165, 1.54) is 83.5 Å². The van der Waals surface area contributed by atoms with Crippen molar-refractivity contribution in [2.75, 3.05) is 13.1 Å². The second-order valence-electron chi connectivity index (χ2n) is 7.93. The van der Waals surface area contributed by atoms with Crippen LogP contribution in [0.4, 0.5) is 0 Å². The number of rotatable bonds is 16. The minimum absolute atomic E-state index is 0. The van der Waals surface area contributed by atoms with Crippen LogP contribution in [0.5, 0.6) is 0 Å². The summed E-state index contributed by atoms with van der Waals surface area (Å²) in [6, 6.07) is 0. The van der Waals surface area contributed by atoms with Gasteiger partial charge in [0.2, 0.25) is 0 Å². The van der Waals surface area contributed by atoms with E-state index in [2.05, 4.69) is 35.9 Å². The van der Waals surface area contributed by atoms with Crippen LogP contribution in [0.2, 0.25) is 0 Å². The molecule has 0 saturated carbocycles. The van der Waals surface area contributed by atoms with Gasteiger partial charge in [0.05, 0.1) is 18.5 Å². The molecule has 0 aliphatic carbocycles. The quantitative estimate of drug-likeness (QED) is 0.223. The van der Waals surface area contributed by atoms with Crippen LogP contribution in [0.25, 0.3) is 0 Å². The number of hydrogen-bond acceptors (Lipinski definition) is 3. The Kier molecular flexibility index (Phi) is 21.7. The van der Waals surface area contributed by atoms with E-state index in [0.29, 0.717) is 0 Å². The van der Waals surface area contributed by atoms with E-state index in [1.54, 1.807) is 0 Å². The van der Waals surface area contributed by atoms with Gasteiger partial charge >= 0.3 is 29.6 Å². The molecule has 0 aromatic rings. The second-order valence-corrected chi connectivity index (χ2v) is 7.93. The van der Waals surface area contributed by atoms with Crippen molar-refractivity contribution in [3.05, 3.63) is 12.2 Å². The SMILES string of the molecule is CCCCCCCCCCCCCCC=CCC(C)(N)N1C=NCC1.[Cl-].[Na+]. The Bertz CT molecular complexity index is 373. The monoisotopic (exact) mass is 407 g/mol. The number of unbranched alkanes of at least 4 members (excludes halogenated alkanes) is 12. The summed E-state index contributed by atoms with van der Waals surface area (Å²) in [4.78, 5) is 6.40. The molecule has 5 heteroatoms. The van der Waals surface area contributed by atoms with Gasteiger partial charge in [0.25, 0.3) is 0 Å². The van der Waals surface area contributed by atoms with Gasteiger partial charge in [-0.1, -0.05) is 89.7 Å². The van der Waals surface area contributed by atoms with E-state index in [-0.39, 0.29) is 47.6 Å². The van der Waals surface area contributed by atoms with Crippen LogP contribution in [-0.4, -0.2) is 30.0 Å². The Hall–Kier alpha value is 0.460. The normalized spacial score (nSPS) is 15.6. The van der Waals surface area contributed by atoms with E-state index in [9.17, 15) is 0 Å². The van der Waals surface area contributed by atoms with Crippen LogP contribution in [0.15, 0.2) is 17.1 Å². The molecular formula is C22H43ClN3Na. The molecule has 2 N–H and O–H groups in total. The predicted octanol–water partition coefficient (Wildman–Crippen LogP) is 0.0507. The Morgan fingerprint density at radius 2 is 1.44 bits per heavy atom. The third-order valence-corrected chi connectivity index (χ3v) is 5.27. The standard InChI is InChI=1S/C22H43N3.ClH.Na/c1-3-4-5-6-7-8-9-10-11-12-13-14-15-16-17-18-22(2,23)25-20-19-24-21-25;;/h16-17,21H,3-15,18-20,23H2,1-2H3;1H;/q;;+1/p-1. The molecule has 0 fully saturated rings. The molecule has 1 aliphatic rings. The van der Waals surface area contributed by atoms with Crippen molar-refractivity contribution in [1.82, 2.24) is 4.90 Å². The van der Waals surface area contributed by atoms with Gasteiger partial charge in [0, 0.05) is 13.0 Å². The summed E-state index contributed by atoms with van der Waals surface area (Å²) < 4.78 is 0. The van der Waals surface area contributed by atoms with E-state index in [0.717, 1.165) is 19.5 Å². The van der Waals surface area contributed by atoms with Gasteiger partial charge in [0.15, 0.2) is 0 Å². The molecule has 1 unspecified atom stereocenters. The third-order valence-electron chi connectivity index (χ3n) is 5.27. The number of nitrogens with zero attached hydrogens (tertiary/aromatic N) is 2. The Balaban J connectivity index is 0. The number of halogens is 1. The topological polar surface area (TPSA) is 41.6 Å². The van der Waals surface area contributed by atoms with Gasteiger partial charge in [-0.15, -0.1) is 0 Å². The van der Waals surface area contributed by atoms with Crippen molar-refractivity contribution in [2.45, 2.75) is 109 Å². The first-order valence-corrected chi connectivity index (χ1v) is 10.9. The zero-order valence-electron chi connectivity index (χ0n) is 18.4. The molecule has 0 aromatic heterocycles. The summed E-state index contributed by atoms with van der Waals surface area (Å²) in [7, 11) is 0. The molecule has 1 atom stereocenters. The summed E-state index contributed by atoms with van der Waals surface area (Å²) in [6.45, 7) is 6.22. The van der Waals surface area contributed by atoms with Gasteiger partial charge < -0.3 is 23.0 Å². The van der Waals surface area contributed by atoms with Crippen molar-refractivity contribution < 1.29 is 42.0 Å². The molecule has 0 saturated heterocycles. The fraction of sp³-hybridized carbons (Fsp3) is 0.864. The number of allylic oxidation sites excluding steroid dienone is 1. The van der Waals surface area contributed by atoms with Gasteiger partial charge in [-0.05, 0) is 19.8 Å². The molecule has 1 heterocycles. The average molecular weight is 408 g/mol. The molecular weight excluding hydrogens is 365 g/mol. The van der Waals surface area contributed by atoms with Crippen molar-refractivity contribution >= 4 is 6.34 Å². The van der Waals surface area contributed by atoms with Gasteiger partial charge in [0.1, 0.15) is 0 Å². The smallest absolute Gasteiger partial charge is 1.00 e. The molecule has 0 radical (unpaired) electrons.